The van der Waals surface area contributed by atoms with E-state index >= 15 is 0 Å². The van der Waals surface area contributed by atoms with E-state index in [0.717, 1.165) is 35.5 Å². The summed E-state index contributed by atoms with van der Waals surface area (Å²) < 4.78 is 0. The molecule has 4 bridgehead atoms. The highest BCUT2D eigenvalue weighted by molar-refractivity contribution is 7.99. The van der Waals surface area contributed by atoms with Gasteiger partial charge in [-0.3, -0.25) is 4.79 Å². The van der Waals surface area contributed by atoms with Crippen LogP contribution in [0.2, 0.25) is 0 Å². The molecule has 4 aliphatic carbocycles. The van der Waals surface area contributed by atoms with Gasteiger partial charge < -0.3 is 15.3 Å². The molecule has 168 valence electrons. The maximum atomic E-state index is 13.4. The molecule has 5 aliphatic rings. The van der Waals surface area contributed by atoms with Gasteiger partial charge in [-0.1, -0.05) is 6.92 Å². The number of anilines is 1. The fourth-order valence-electron chi connectivity index (χ4n) is 6.76. The number of aliphatic carboxylic acids is 1. The zero-order valence-electron chi connectivity index (χ0n) is 18.3. The molecule has 1 atom stereocenters. The predicted octanol–water partition coefficient (Wildman–Crippen LogP) is 4.19. The lowest BCUT2D eigenvalue weighted by molar-refractivity contribution is -0.138. The number of nitrogens with zero attached hydrogens (tertiary/aromatic N) is 2. The maximum absolute atomic E-state index is 13.4. The fourth-order valence-corrected chi connectivity index (χ4v) is 7.63. The van der Waals surface area contributed by atoms with Crippen LogP contribution in [0.4, 0.5) is 5.82 Å². The third kappa shape index (κ3) is 4.06. The van der Waals surface area contributed by atoms with Crippen molar-refractivity contribution in [3.63, 3.8) is 0 Å². The van der Waals surface area contributed by atoms with Gasteiger partial charge in [0.25, 0.3) is 5.91 Å². The van der Waals surface area contributed by atoms with E-state index in [2.05, 4.69) is 12.2 Å². The van der Waals surface area contributed by atoms with Gasteiger partial charge in [0.05, 0.1) is 5.56 Å². The lowest BCUT2D eigenvalue weighted by Gasteiger charge is -2.54. The predicted molar refractivity (Wildman–Crippen MR) is 122 cm³/mol. The number of rotatable bonds is 7. The largest absolute Gasteiger partial charge is 0.480 e. The molecule has 0 radical (unpaired) electrons. The lowest BCUT2D eigenvalue weighted by atomic mass is 9.54. The van der Waals surface area contributed by atoms with E-state index in [4.69, 9.17) is 4.98 Å². The minimum absolute atomic E-state index is 0.00802. The first-order valence-electron chi connectivity index (χ1n) is 12.0. The summed E-state index contributed by atoms with van der Waals surface area (Å²) in [5.74, 6) is 3.80. The Labute approximate surface area is 188 Å². The van der Waals surface area contributed by atoms with Crippen LogP contribution in [0, 0.1) is 23.7 Å². The quantitative estimate of drug-likeness (QED) is 0.615. The number of carboxylic acid groups (broad SMARTS) is 1. The Morgan fingerprint density at radius 1 is 1.16 bits per heavy atom. The second-order valence-electron chi connectivity index (χ2n) is 9.99. The van der Waals surface area contributed by atoms with Gasteiger partial charge in [0, 0.05) is 12.6 Å². The van der Waals surface area contributed by atoms with Crippen LogP contribution in [0.25, 0.3) is 0 Å². The molecule has 6 rings (SSSR count). The molecule has 4 saturated carbocycles. The highest BCUT2D eigenvalue weighted by Gasteiger charge is 2.48. The Morgan fingerprint density at radius 2 is 1.87 bits per heavy atom. The van der Waals surface area contributed by atoms with Crippen LogP contribution in [-0.2, 0) is 4.79 Å². The van der Waals surface area contributed by atoms with E-state index < -0.39 is 12.0 Å². The van der Waals surface area contributed by atoms with Crippen LogP contribution < -0.4 is 10.2 Å². The first-order valence-corrected chi connectivity index (χ1v) is 13.0. The fraction of sp³-hybridized carbons (Fsp3) is 0.708. The zero-order valence-corrected chi connectivity index (χ0v) is 19.1. The minimum Gasteiger partial charge on any atom is -0.480 e. The first kappa shape index (κ1) is 21.1. The number of nitrogens with one attached hydrogen (secondary N) is 1. The van der Waals surface area contributed by atoms with Crippen molar-refractivity contribution in [3.05, 3.63) is 17.7 Å². The summed E-state index contributed by atoms with van der Waals surface area (Å²) in [5.41, 5.74) is 0.641. The van der Waals surface area contributed by atoms with Crippen molar-refractivity contribution in [2.75, 3.05) is 17.2 Å². The summed E-state index contributed by atoms with van der Waals surface area (Å²) in [6.45, 7) is 2.81. The molecular weight excluding hydrogens is 410 g/mol. The van der Waals surface area contributed by atoms with E-state index in [9.17, 15) is 14.7 Å². The van der Waals surface area contributed by atoms with Gasteiger partial charge in [0.1, 0.15) is 16.9 Å². The summed E-state index contributed by atoms with van der Waals surface area (Å²) in [6, 6.07) is 3.48. The van der Waals surface area contributed by atoms with Crippen LogP contribution in [0.15, 0.2) is 17.2 Å². The Balaban J connectivity index is 1.36. The topological polar surface area (TPSA) is 82.5 Å². The number of carbonyl (C=O) groups is 2. The third-order valence-electron chi connectivity index (χ3n) is 7.89. The van der Waals surface area contributed by atoms with Gasteiger partial charge in [-0.25, -0.2) is 9.78 Å². The van der Waals surface area contributed by atoms with Crippen molar-refractivity contribution in [3.8, 4) is 0 Å². The van der Waals surface area contributed by atoms with Crippen molar-refractivity contribution in [1.29, 1.82) is 0 Å². The van der Waals surface area contributed by atoms with Gasteiger partial charge >= 0.3 is 5.97 Å². The van der Waals surface area contributed by atoms with Crippen molar-refractivity contribution >= 4 is 29.5 Å². The van der Waals surface area contributed by atoms with E-state index in [-0.39, 0.29) is 5.91 Å². The number of hydrogen-bond donors (Lipinski definition) is 2. The molecule has 0 spiro atoms. The summed E-state index contributed by atoms with van der Waals surface area (Å²) >= 11 is 1.60. The number of pyridine rings is 1. The van der Waals surface area contributed by atoms with Crippen LogP contribution in [0.3, 0.4) is 0 Å². The SMILES string of the molecule is CCCSc1nc(N2CCC[C@H]2C(=O)O)ccc1C(=O)NC1C2CC3CC(C2)CC1C3. The molecule has 6 nitrogen and oxygen atoms in total. The smallest absolute Gasteiger partial charge is 0.326 e. The number of thioether (sulfide) groups is 1. The number of carbonyl (C=O) groups excluding carboxylic acids is 1. The molecule has 1 aromatic heterocycles. The monoisotopic (exact) mass is 443 g/mol. The molecular formula is C24H33N3O3S. The molecule has 1 saturated heterocycles. The average molecular weight is 444 g/mol. The molecule has 1 amide bonds. The van der Waals surface area contributed by atoms with Gasteiger partial charge in [-0.05, 0) is 92.9 Å². The molecule has 1 aromatic rings. The summed E-state index contributed by atoms with van der Waals surface area (Å²) in [7, 11) is 0. The summed E-state index contributed by atoms with van der Waals surface area (Å²) in [4.78, 5) is 31.6. The molecule has 31 heavy (non-hydrogen) atoms. The molecule has 0 unspecified atom stereocenters. The summed E-state index contributed by atoms with van der Waals surface area (Å²) in [6.07, 6.45) is 9.00. The Morgan fingerprint density at radius 3 is 2.52 bits per heavy atom. The first-order chi connectivity index (χ1) is 15.0. The number of carboxylic acids is 1. The van der Waals surface area contributed by atoms with Gasteiger partial charge in [0.2, 0.25) is 0 Å². The second kappa shape index (κ2) is 8.64. The standard InChI is InChI=1S/C24H33N3O3S/c1-2-8-31-23-18(5-6-20(25-23)27-7-3-4-19(27)24(29)30)22(28)26-21-16-10-14-9-15(12-16)13-17(21)11-14/h5-6,14-17,19,21H,2-4,7-13H2,1H3,(H,26,28)(H,29,30)/t14?,15?,16?,17?,19-,21?/m0/s1. The van der Waals surface area contributed by atoms with E-state index in [1.165, 1.54) is 32.1 Å². The van der Waals surface area contributed by atoms with Gasteiger partial charge in [-0.2, -0.15) is 0 Å². The Hall–Kier alpha value is -1.76. The average Bonchev–Trinajstić information content (AvgIpc) is 3.24. The van der Waals surface area contributed by atoms with Crippen LogP contribution in [0.5, 0.6) is 0 Å². The Bertz CT molecular complexity index is 832. The molecule has 1 aliphatic heterocycles. The van der Waals surface area contributed by atoms with Crippen molar-refractivity contribution < 1.29 is 14.7 Å². The van der Waals surface area contributed by atoms with Gasteiger partial charge in [-0.15, -0.1) is 11.8 Å². The highest BCUT2D eigenvalue weighted by atomic mass is 32.2. The lowest BCUT2D eigenvalue weighted by Crippen LogP contribution is -2.55. The maximum Gasteiger partial charge on any atom is 0.326 e. The van der Waals surface area contributed by atoms with Crippen LogP contribution in [0.1, 0.15) is 68.6 Å². The normalized spacial score (nSPS) is 33.6. The highest BCUT2D eigenvalue weighted by Crippen LogP contribution is 2.53. The number of hydrogen-bond acceptors (Lipinski definition) is 5. The van der Waals surface area contributed by atoms with E-state index in [1.807, 2.05) is 17.0 Å². The molecule has 2 heterocycles. The minimum atomic E-state index is -0.800. The van der Waals surface area contributed by atoms with Crippen LogP contribution in [-0.4, -0.2) is 46.3 Å². The van der Waals surface area contributed by atoms with E-state index in [0.29, 0.717) is 42.2 Å². The van der Waals surface area contributed by atoms with E-state index in [1.54, 1.807) is 11.8 Å². The van der Waals surface area contributed by atoms with Crippen molar-refractivity contribution in [2.24, 2.45) is 23.7 Å². The number of amides is 1. The molecule has 5 fully saturated rings. The molecule has 0 aromatic carbocycles. The van der Waals surface area contributed by atoms with Gasteiger partial charge in [0.15, 0.2) is 0 Å². The third-order valence-corrected chi connectivity index (χ3v) is 9.09. The zero-order chi connectivity index (χ0) is 21.5. The molecule has 2 N–H and O–H groups in total. The second-order valence-corrected chi connectivity index (χ2v) is 11.1. The molecule has 7 heteroatoms. The summed E-state index contributed by atoms with van der Waals surface area (Å²) in [5, 5.41) is 13.7. The van der Waals surface area contributed by atoms with Crippen molar-refractivity contribution in [2.45, 2.75) is 75.4 Å². The Kier molecular flexibility index (Phi) is 5.88. The van der Waals surface area contributed by atoms with Crippen LogP contribution >= 0.6 is 11.8 Å². The number of aromatic nitrogens is 1. The van der Waals surface area contributed by atoms with Crippen molar-refractivity contribution in [1.82, 2.24) is 10.3 Å².